The molecule has 1 aliphatic heterocycles. The second-order valence-corrected chi connectivity index (χ2v) is 4.32. The lowest BCUT2D eigenvalue weighted by molar-refractivity contribution is 0.480. The Labute approximate surface area is 95.2 Å². The first-order valence-electron chi connectivity index (χ1n) is 5.36. The molecule has 1 fully saturated rings. The van der Waals surface area contributed by atoms with Crippen LogP contribution in [0.1, 0.15) is 18.5 Å². The Bertz CT molecular complexity index is 335. The number of piperidine rings is 1. The van der Waals surface area contributed by atoms with Crippen molar-refractivity contribution in [2.75, 3.05) is 18.4 Å². The minimum Gasteiger partial charge on any atom is -0.380 e. The fraction of sp³-hybridized carbons (Fsp3) is 0.545. The largest absolute Gasteiger partial charge is 0.380 e. The van der Waals surface area contributed by atoms with Crippen molar-refractivity contribution in [2.24, 2.45) is 0 Å². The van der Waals surface area contributed by atoms with E-state index < -0.39 is 0 Å². The summed E-state index contributed by atoms with van der Waals surface area (Å²) in [5.41, 5.74) is 1.88. The zero-order valence-electron chi connectivity index (χ0n) is 8.89. The van der Waals surface area contributed by atoms with E-state index in [0.717, 1.165) is 29.5 Å². The first kappa shape index (κ1) is 10.7. The van der Waals surface area contributed by atoms with Gasteiger partial charge < -0.3 is 10.6 Å². The van der Waals surface area contributed by atoms with Crippen molar-refractivity contribution in [1.29, 1.82) is 0 Å². The summed E-state index contributed by atoms with van der Waals surface area (Å²) in [6, 6.07) is 2.42. The molecule has 1 aliphatic rings. The van der Waals surface area contributed by atoms with E-state index in [1.807, 2.05) is 13.0 Å². The van der Waals surface area contributed by atoms with Crippen molar-refractivity contribution in [3.05, 3.63) is 23.0 Å². The molecule has 1 saturated heterocycles. The summed E-state index contributed by atoms with van der Waals surface area (Å²) < 4.78 is 0. The van der Waals surface area contributed by atoms with Crippen LogP contribution in [-0.4, -0.2) is 24.1 Å². The van der Waals surface area contributed by atoms with Gasteiger partial charge in [0.15, 0.2) is 0 Å². The second-order valence-electron chi connectivity index (χ2n) is 3.95. The van der Waals surface area contributed by atoms with E-state index in [-0.39, 0.29) is 0 Å². The number of anilines is 1. The zero-order valence-corrected chi connectivity index (χ0v) is 9.64. The lowest BCUT2D eigenvalue weighted by atomic mass is 10.1. The van der Waals surface area contributed by atoms with Gasteiger partial charge in [-0.05, 0) is 32.4 Å². The highest BCUT2D eigenvalue weighted by molar-refractivity contribution is 6.33. The van der Waals surface area contributed by atoms with Gasteiger partial charge in [-0.15, -0.1) is 0 Å². The van der Waals surface area contributed by atoms with Crippen LogP contribution in [0.3, 0.4) is 0 Å². The smallest absolute Gasteiger partial charge is 0.0849 e. The Morgan fingerprint density at radius 3 is 3.20 bits per heavy atom. The number of hydrogen-bond acceptors (Lipinski definition) is 3. The molecule has 82 valence electrons. The third-order valence-corrected chi connectivity index (χ3v) is 3.20. The Morgan fingerprint density at radius 2 is 2.47 bits per heavy atom. The Morgan fingerprint density at radius 1 is 1.60 bits per heavy atom. The van der Waals surface area contributed by atoms with Crippen LogP contribution in [0.25, 0.3) is 0 Å². The third-order valence-electron chi connectivity index (χ3n) is 2.72. The quantitative estimate of drug-likeness (QED) is 0.811. The van der Waals surface area contributed by atoms with Crippen LogP contribution in [0.2, 0.25) is 5.02 Å². The highest BCUT2D eigenvalue weighted by atomic mass is 35.5. The van der Waals surface area contributed by atoms with Crippen LogP contribution < -0.4 is 10.6 Å². The van der Waals surface area contributed by atoms with Gasteiger partial charge in [0.05, 0.1) is 16.4 Å². The average molecular weight is 226 g/mol. The molecule has 1 aromatic rings. The average Bonchev–Trinajstić information content (AvgIpc) is 2.26. The minimum absolute atomic E-state index is 0.484. The predicted octanol–water partition coefficient (Wildman–Crippen LogP) is 2.21. The van der Waals surface area contributed by atoms with E-state index >= 15 is 0 Å². The molecule has 2 rings (SSSR count). The molecule has 1 unspecified atom stereocenters. The summed E-state index contributed by atoms with van der Waals surface area (Å²) >= 11 is 6.17. The fourth-order valence-corrected chi connectivity index (χ4v) is 2.02. The maximum Gasteiger partial charge on any atom is 0.0849 e. The maximum atomic E-state index is 6.17. The molecule has 0 radical (unpaired) electrons. The third kappa shape index (κ3) is 2.61. The Balaban J connectivity index is 2.06. The maximum absolute atomic E-state index is 6.17. The summed E-state index contributed by atoms with van der Waals surface area (Å²) in [7, 11) is 0. The highest BCUT2D eigenvalue weighted by Gasteiger charge is 2.14. The molecule has 0 aromatic carbocycles. The highest BCUT2D eigenvalue weighted by Crippen LogP contribution is 2.24. The predicted molar refractivity (Wildman–Crippen MR) is 63.5 cm³/mol. The molecule has 0 spiro atoms. The van der Waals surface area contributed by atoms with Gasteiger partial charge in [-0.3, -0.25) is 4.98 Å². The van der Waals surface area contributed by atoms with E-state index in [4.69, 9.17) is 11.6 Å². The topological polar surface area (TPSA) is 37.0 Å². The van der Waals surface area contributed by atoms with Crippen molar-refractivity contribution in [1.82, 2.24) is 10.3 Å². The Hall–Kier alpha value is -0.800. The summed E-state index contributed by atoms with van der Waals surface area (Å²) in [4.78, 5) is 4.14. The van der Waals surface area contributed by atoms with Crippen LogP contribution in [0.15, 0.2) is 12.3 Å². The van der Waals surface area contributed by atoms with Crippen molar-refractivity contribution in [3.8, 4) is 0 Å². The summed E-state index contributed by atoms with van der Waals surface area (Å²) in [6.45, 7) is 4.06. The second kappa shape index (κ2) is 4.81. The lowest BCUT2D eigenvalue weighted by Crippen LogP contribution is -2.38. The number of halogens is 1. The van der Waals surface area contributed by atoms with Crippen molar-refractivity contribution in [3.63, 3.8) is 0 Å². The number of pyridine rings is 1. The molecule has 3 nitrogen and oxygen atoms in total. The van der Waals surface area contributed by atoms with Gasteiger partial charge in [-0.1, -0.05) is 11.6 Å². The van der Waals surface area contributed by atoms with E-state index in [9.17, 15) is 0 Å². The van der Waals surface area contributed by atoms with E-state index in [2.05, 4.69) is 15.6 Å². The van der Waals surface area contributed by atoms with Gasteiger partial charge in [0, 0.05) is 18.8 Å². The SMILES string of the molecule is Cc1nccc(NC2CCCNC2)c1Cl. The number of hydrogen-bond donors (Lipinski definition) is 2. The number of rotatable bonds is 2. The van der Waals surface area contributed by atoms with Crippen LogP contribution in [0, 0.1) is 6.92 Å². The molecular weight excluding hydrogens is 210 g/mol. The number of nitrogens with zero attached hydrogens (tertiary/aromatic N) is 1. The summed E-state index contributed by atoms with van der Waals surface area (Å²) in [6.07, 6.45) is 4.21. The van der Waals surface area contributed by atoms with E-state index in [0.29, 0.717) is 6.04 Å². The fourth-order valence-electron chi connectivity index (χ4n) is 1.85. The first-order chi connectivity index (χ1) is 7.27. The van der Waals surface area contributed by atoms with Gasteiger partial charge in [-0.25, -0.2) is 0 Å². The number of nitrogens with one attached hydrogen (secondary N) is 2. The van der Waals surface area contributed by atoms with Gasteiger partial charge in [0.25, 0.3) is 0 Å². The van der Waals surface area contributed by atoms with Crippen molar-refractivity contribution >= 4 is 17.3 Å². The zero-order chi connectivity index (χ0) is 10.7. The van der Waals surface area contributed by atoms with Crippen LogP contribution >= 0.6 is 11.6 Å². The van der Waals surface area contributed by atoms with Crippen LogP contribution in [-0.2, 0) is 0 Å². The molecule has 1 aromatic heterocycles. The molecule has 0 aliphatic carbocycles. The van der Waals surface area contributed by atoms with Crippen LogP contribution in [0.5, 0.6) is 0 Å². The minimum atomic E-state index is 0.484. The molecule has 0 saturated carbocycles. The van der Waals surface area contributed by atoms with Gasteiger partial charge >= 0.3 is 0 Å². The number of aromatic nitrogens is 1. The molecule has 0 amide bonds. The molecule has 0 bridgehead atoms. The molecule has 15 heavy (non-hydrogen) atoms. The first-order valence-corrected chi connectivity index (χ1v) is 5.73. The molecule has 1 atom stereocenters. The lowest BCUT2D eigenvalue weighted by Gasteiger charge is -2.25. The van der Waals surface area contributed by atoms with E-state index in [1.165, 1.54) is 12.8 Å². The Kier molecular flexibility index (Phi) is 3.44. The summed E-state index contributed by atoms with van der Waals surface area (Å²) in [5, 5.41) is 7.56. The van der Waals surface area contributed by atoms with Gasteiger partial charge in [0.2, 0.25) is 0 Å². The summed E-state index contributed by atoms with van der Waals surface area (Å²) in [5.74, 6) is 0. The van der Waals surface area contributed by atoms with E-state index in [1.54, 1.807) is 6.20 Å². The molecular formula is C11H16ClN3. The number of aryl methyl sites for hydroxylation is 1. The molecule has 2 heterocycles. The van der Waals surface area contributed by atoms with Gasteiger partial charge in [0.1, 0.15) is 0 Å². The monoisotopic (exact) mass is 225 g/mol. The van der Waals surface area contributed by atoms with Crippen LogP contribution in [0.4, 0.5) is 5.69 Å². The molecule has 2 N–H and O–H groups in total. The normalized spacial score (nSPS) is 21.3. The molecule has 4 heteroatoms. The standard InChI is InChI=1S/C11H16ClN3/c1-8-11(12)10(4-6-14-8)15-9-3-2-5-13-7-9/h4,6,9,13H,2-3,5,7H2,1H3,(H,14,15). The van der Waals surface area contributed by atoms with Gasteiger partial charge in [-0.2, -0.15) is 0 Å². The van der Waals surface area contributed by atoms with Crippen molar-refractivity contribution < 1.29 is 0 Å². The van der Waals surface area contributed by atoms with Crippen molar-refractivity contribution in [2.45, 2.75) is 25.8 Å².